The Morgan fingerprint density at radius 2 is 2.00 bits per heavy atom. The second-order valence-electron chi connectivity index (χ2n) is 7.27. The molecule has 5 heteroatoms. The second kappa shape index (κ2) is 7.56. The number of hydrogen-bond donors (Lipinski definition) is 1. The molecule has 0 bridgehead atoms. The Hall–Kier alpha value is -1.23. The molecule has 2 rings (SSSR count). The van der Waals surface area contributed by atoms with Crippen LogP contribution < -0.4 is 5.32 Å². The highest BCUT2D eigenvalue weighted by Crippen LogP contribution is 2.25. The highest BCUT2D eigenvalue weighted by atomic mass is 79.9. The van der Waals surface area contributed by atoms with Crippen molar-refractivity contribution in [3.05, 3.63) is 28.2 Å². The van der Waals surface area contributed by atoms with Gasteiger partial charge >= 0.3 is 6.09 Å². The van der Waals surface area contributed by atoms with Gasteiger partial charge in [0.05, 0.1) is 0 Å². The first-order chi connectivity index (χ1) is 10.7. The van der Waals surface area contributed by atoms with Crippen LogP contribution in [0.5, 0.6) is 0 Å². The maximum atomic E-state index is 12.1. The normalized spacial score (nSPS) is 16.3. The van der Waals surface area contributed by atoms with Crippen LogP contribution in [0.2, 0.25) is 0 Å². The predicted octanol–water partition coefficient (Wildman–Crippen LogP) is 4.82. The smallest absolute Gasteiger partial charge is 0.410 e. The predicted molar refractivity (Wildman–Crippen MR) is 97.9 cm³/mol. The zero-order chi connectivity index (χ0) is 17.0. The number of nitrogens with zero attached hydrogens (tertiary/aromatic N) is 1. The Morgan fingerprint density at radius 1 is 1.35 bits per heavy atom. The molecule has 4 nitrogen and oxygen atoms in total. The fraction of sp³-hybridized carbons (Fsp3) is 0.611. The van der Waals surface area contributed by atoms with Crippen molar-refractivity contribution in [3.8, 4) is 0 Å². The van der Waals surface area contributed by atoms with Gasteiger partial charge in [0, 0.05) is 29.8 Å². The summed E-state index contributed by atoms with van der Waals surface area (Å²) in [7, 11) is 0. The number of carbonyl (C=O) groups is 1. The van der Waals surface area contributed by atoms with E-state index in [2.05, 4.69) is 46.4 Å². The molecule has 1 fully saturated rings. The molecule has 1 aromatic rings. The number of carbonyl (C=O) groups excluding carboxylic acids is 1. The summed E-state index contributed by atoms with van der Waals surface area (Å²) in [5, 5.41) is 3.51. The first kappa shape index (κ1) is 18.1. The fourth-order valence-corrected chi connectivity index (χ4v) is 3.30. The molecule has 0 unspecified atom stereocenters. The summed E-state index contributed by atoms with van der Waals surface area (Å²) in [6.45, 7) is 10.3. The summed E-state index contributed by atoms with van der Waals surface area (Å²) in [6, 6.07) is 6.33. The van der Waals surface area contributed by atoms with E-state index in [-0.39, 0.29) is 6.09 Å². The number of anilines is 1. The molecule has 0 radical (unpaired) electrons. The number of benzene rings is 1. The molecule has 128 valence electrons. The van der Waals surface area contributed by atoms with Crippen LogP contribution in [-0.2, 0) is 4.74 Å². The van der Waals surface area contributed by atoms with E-state index in [4.69, 9.17) is 4.74 Å². The minimum atomic E-state index is -0.423. The number of halogens is 1. The van der Waals surface area contributed by atoms with Crippen molar-refractivity contribution in [1.29, 1.82) is 0 Å². The summed E-state index contributed by atoms with van der Waals surface area (Å²) in [6.07, 6.45) is 1.83. The van der Waals surface area contributed by atoms with Gasteiger partial charge in [0.2, 0.25) is 0 Å². The number of aryl methyl sites for hydroxylation is 1. The summed E-state index contributed by atoms with van der Waals surface area (Å²) < 4.78 is 6.53. The largest absolute Gasteiger partial charge is 0.444 e. The molecule has 1 amide bonds. The molecule has 1 aromatic carbocycles. The van der Waals surface area contributed by atoms with E-state index < -0.39 is 5.60 Å². The van der Waals surface area contributed by atoms with Crippen LogP contribution >= 0.6 is 15.9 Å². The highest BCUT2D eigenvalue weighted by molar-refractivity contribution is 9.10. The molecule has 0 saturated carbocycles. The monoisotopic (exact) mass is 382 g/mol. The molecule has 1 aliphatic rings. The van der Waals surface area contributed by atoms with E-state index in [0.29, 0.717) is 5.92 Å². The third-order valence-electron chi connectivity index (χ3n) is 3.97. The van der Waals surface area contributed by atoms with Crippen molar-refractivity contribution in [2.45, 2.75) is 46.1 Å². The Balaban J connectivity index is 1.77. The number of rotatable bonds is 3. The van der Waals surface area contributed by atoms with Crippen LogP contribution in [0.15, 0.2) is 22.7 Å². The van der Waals surface area contributed by atoms with Crippen LogP contribution in [0.25, 0.3) is 0 Å². The number of likely N-dealkylation sites (tertiary alicyclic amines) is 1. The van der Waals surface area contributed by atoms with Crippen LogP contribution in [0, 0.1) is 12.8 Å². The molecule has 1 N–H and O–H groups in total. The summed E-state index contributed by atoms with van der Waals surface area (Å²) in [4.78, 5) is 13.9. The maximum Gasteiger partial charge on any atom is 0.410 e. The minimum Gasteiger partial charge on any atom is -0.444 e. The van der Waals surface area contributed by atoms with Crippen molar-refractivity contribution in [2.24, 2.45) is 5.92 Å². The van der Waals surface area contributed by atoms with Crippen molar-refractivity contribution >= 4 is 27.7 Å². The van der Waals surface area contributed by atoms with Crippen LogP contribution in [0.3, 0.4) is 0 Å². The van der Waals surface area contributed by atoms with E-state index >= 15 is 0 Å². The Morgan fingerprint density at radius 3 is 2.57 bits per heavy atom. The Kier molecular flexibility index (Phi) is 5.95. The SMILES string of the molecule is Cc1ccc(NCC2CCN(C(=O)OC(C)(C)C)CC2)c(Br)c1. The van der Waals surface area contributed by atoms with Crippen molar-refractivity contribution < 1.29 is 9.53 Å². The third kappa shape index (κ3) is 5.72. The van der Waals surface area contributed by atoms with Gasteiger partial charge in [0.1, 0.15) is 5.60 Å². The van der Waals surface area contributed by atoms with Gasteiger partial charge in [-0.2, -0.15) is 0 Å². The molecule has 0 aromatic heterocycles. The van der Waals surface area contributed by atoms with Crippen molar-refractivity contribution in [2.75, 3.05) is 25.0 Å². The lowest BCUT2D eigenvalue weighted by atomic mass is 9.97. The number of piperidine rings is 1. The number of amides is 1. The number of nitrogens with one attached hydrogen (secondary N) is 1. The van der Waals surface area contributed by atoms with Gasteiger partial charge < -0.3 is 15.0 Å². The van der Waals surface area contributed by atoms with Crippen LogP contribution in [0.4, 0.5) is 10.5 Å². The average Bonchev–Trinajstić information content (AvgIpc) is 2.45. The molecule has 1 saturated heterocycles. The maximum absolute atomic E-state index is 12.1. The molecule has 1 heterocycles. The van der Waals surface area contributed by atoms with Gasteiger partial charge in [-0.15, -0.1) is 0 Å². The molecular weight excluding hydrogens is 356 g/mol. The van der Waals surface area contributed by atoms with Gasteiger partial charge in [-0.25, -0.2) is 4.79 Å². The molecule has 0 aliphatic carbocycles. The zero-order valence-electron chi connectivity index (χ0n) is 14.5. The van der Waals surface area contributed by atoms with Gasteiger partial charge in [-0.3, -0.25) is 0 Å². The van der Waals surface area contributed by atoms with E-state index in [9.17, 15) is 4.79 Å². The summed E-state index contributed by atoms with van der Waals surface area (Å²) in [5.41, 5.74) is 1.95. The second-order valence-corrected chi connectivity index (χ2v) is 8.13. The Labute approximate surface area is 147 Å². The van der Waals surface area contributed by atoms with Gasteiger partial charge in [-0.1, -0.05) is 6.07 Å². The first-order valence-electron chi connectivity index (χ1n) is 8.22. The van der Waals surface area contributed by atoms with Gasteiger partial charge in [0.25, 0.3) is 0 Å². The zero-order valence-corrected chi connectivity index (χ0v) is 16.1. The molecule has 0 atom stereocenters. The molecule has 1 aliphatic heterocycles. The van der Waals surface area contributed by atoms with E-state index in [1.807, 2.05) is 25.7 Å². The minimum absolute atomic E-state index is 0.190. The lowest BCUT2D eigenvalue weighted by Gasteiger charge is -2.33. The first-order valence-corrected chi connectivity index (χ1v) is 9.02. The van der Waals surface area contributed by atoms with Gasteiger partial charge in [-0.05, 0) is 80.1 Å². The van der Waals surface area contributed by atoms with E-state index in [0.717, 1.165) is 42.6 Å². The molecular formula is C18H27BrN2O2. The Bertz CT molecular complexity index is 546. The quantitative estimate of drug-likeness (QED) is 0.814. The van der Waals surface area contributed by atoms with E-state index in [1.165, 1.54) is 5.56 Å². The third-order valence-corrected chi connectivity index (χ3v) is 4.63. The summed E-state index contributed by atoms with van der Waals surface area (Å²) in [5.74, 6) is 0.585. The standard InChI is InChI=1S/C18H27BrN2O2/c1-13-5-6-16(15(19)11-13)20-12-14-7-9-21(10-8-14)17(22)23-18(2,3)4/h5-6,11,14,20H,7-10,12H2,1-4H3. The van der Waals surface area contributed by atoms with Crippen molar-refractivity contribution in [3.63, 3.8) is 0 Å². The van der Waals surface area contributed by atoms with Crippen molar-refractivity contribution in [1.82, 2.24) is 4.90 Å². The lowest BCUT2D eigenvalue weighted by Crippen LogP contribution is -2.42. The number of ether oxygens (including phenoxy) is 1. The average molecular weight is 383 g/mol. The molecule has 0 spiro atoms. The van der Waals surface area contributed by atoms with Crippen LogP contribution in [-0.4, -0.2) is 36.2 Å². The fourth-order valence-electron chi connectivity index (χ4n) is 2.66. The molecule has 23 heavy (non-hydrogen) atoms. The lowest BCUT2D eigenvalue weighted by molar-refractivity contribution is 0.0188. The van der Waals surface area contributed by atoms with E-state index in [1.54, 1.807) is 0 Å². The number of hydrogen-bond acceptors (Lipinski definition) is 3. The highest BCUT2D eigenvalue weighted by Gasteiger charge is 2.26. The topological polar surface area (TPSA) is 41.6 Å². The van der Waals surface area contributed by atoms with Crippen LogP contribution in [0.1, 0.15) is 39.2 Å². The van der Waals surface area contributed by atoms with Gasteiger partial charge in [0.15, 0.2) is 0 Å². The summed E-state index contributed by atoms with van der Waals surface area (Å²) >= 11 is 3.60.